The van der Waals surface area contributed by atoms with Crippen LogP contribution in [0.15, 0.2) is 91.0 Å². The second-order valence-electron chi connectivity index (χ2n) is 7.70. The van der Waals surface area contributed by atoms with Gasteiger partial charge in [-0.25, -0.2) is 0 Å². The average molecular weight is 390 g/mol. The van der Waals surface area contributed by atoms with Gasteiger partial charge in [0.2, 0.25) is 0 Å². The second kappa shape index (κ2) is 7.60. The fraction of sp³-hybridized carbons (Fsp3) is 0.111. The van der Waals surface area contributed by atoms with Gasteiger partial charge in [0, 0.05) is 16.3 Å². The van der Waals surface area contributed by atoms with Crippen molar-refractivity contribution in [3.05, 3.63) is 102 Å². The van der Waals surface area contributed by atoms with Gasteiger partial charge in [-0.05, 0) is 35.7 Å². The monoisotopic (exact) mass is 389 g/mol. The van der Waals surface area contributed by atoms with E-state index in [9.17, 15) is 0 Å². The maximum atomic E-state index is 4.72. The van der Waals surface area contributed by atoms with Crippen LogP contribution in [0.5, 0.6) is 0 Å². The fourth-order valence-electron chi connectivity index (χ4n) is 4.12. The van der Waals surface area contributed by atoms with Crippen molar-refractivity contribution in [3.8, 4) is 11.3 Å². The number of fused-ring (bicyclic) bond motifs is 2. The highest BCUT2D eigenvalue weighted by Crippen LogP contribution is 2.36. The van der Waals surface area contributed by atoms with Crippen molar-refractivity contribution in [1.29, 1.82) is 0 Å². The summed E-state index contributed by atoms with van der Waals surface area (Å²) in [6, 6.07) is 31.7. The zero-order valence-corrected chi connectivity index (χ0v) is 17.1. The van der Waals surface area contributed by atoms with Gasteiger partial charge in [0.25, 0.3) is 0 Å². The molecule has 0 fully saturated rings. The van der Waals surface area contributed by atoms with Gasteiger partial charge in [-0.2, -0.15) is 0 Å². The average Bonchev–Trinajstić information content (AvgIpc) is 2.80. The van der Waals surface area contributed by atoms with Crippen molar-refractivity contribution in [2.24, 2.45) is 0 Å². The van der Waals surface area contributed by atoms with Gasteiger partial charge in [0.1, 0.15) is 5.69 Å². The van der Waals surface area contributed by atoms with Crippen molar-refractivity contribution < 1.29 is 0 Å². The molecule has 0 unspecified atom stereocenters. The van der Waals surface area contributed by atoms with Crippen molar-refractivity contribution >= 4 is 27.4 Å². The molecule has 3 heteroatoms. The van der Waals surface area contributed by atoms with E-state index in [0.717, 1.165) is 27.8 Å². The summed E-state index contributed by atoms with van der Waals surface area (Å²) in [6.07, 6.45) is 0. The van der Waals surface area contributed by atoms with E-state index in [4.69, 9.17) is 5.10 Å². The minimum absolute atomic E-state index is 0.133. The Bertz CT molecular complexity index is 1340. The molecule has 1 heterocycles. The van der Waals surface area contributed by atoms with Crippen molar-refractivity contribution in [3.63, 3.8) is 0 Å². The van der Waals surface area contributed by atoms with Crippen molar-refractivity contribution in [1.82, 2.24) is 10.2 Å². The minimum Gasteiger partial charge on any atom is -0.362 e. The van der Waals surface area contributed by atoms with Crippen molar-refractivity contribution in [2.45, 2.75) is 19.9 Å². The van der Waals surface area contributed by atoms with Crippen LogP contribution in [0, 0.1) is 6.92 Å². The molecule has 30 heavy (non-hydrogen) atoms. The van der Waals surface area contributed by atoms with Gasteiger partial charge in [0.05, 0.1) is 6.04 Å². The van der Waals surface area contributed by atoms with Gasteiger partial charge in [-0.3, -0.25) is 0 Å². The van der Waals surface area contributed by atoms with Gasteiger partial charge >= 0.3 is 0 Å². The molecule has 0 spiro atoms. The van der Waals surface area contributed by atoms with Gasteiger partial charge < -0.3 is 5.32 Å². The number of aryl methyl sites for hydroxylation is 1. The Morgan fingerprint density at radius 2 is 1.33 bits per heavy atom. The first-order valence-corrected chi connectivity index (χ1v) is 10.3. The number of hydrogen-bond acceptors (Lipinski definition) is 3. The summed E-state index contributed by atoms with van der Waals surface area (Å²) in [5, 5.41) is 17.5. The Kier molecular flexibility index (Phi) is 4.64. The number of nitrogens with one attached hydrogen (secondary N) is 1. The van der Waals surface area contributed by atoms with Crippen LogP contribution >= 0.6 is 0 Å². The zero-order chi connectivity index (χ0) is 20.5. The molecule has 146 valence electrons. The summed E-state index contributed by atoms with van der Waals surface area (Å²) in [5.74, 6) is 0.809. The van der Waals surface area contributed by atoms with Crippen LogP contribution in [-0.2, 0) is 0 Å². The molecule has 0 saturated heterocycles. The van der Waals surface area contributed by atoms with Crippen LogP contribution < -0.4 is 5.32 Å². The number of hydrogen-bond donors (Lipinski definition) is 1. The van der Waals surface area contributed by atoms with E-state index in [-0.39, 0.29) is 6.04 Å². The standard InChI is InChI=1S/C27H23N3/c1-18-16-17-21-12-6-7-13-22(21)25(18)26-23-14-8-9-15-24(23)27(30-29-26)28-19(2)20-10-4-3-5-11-20/h3-17,19H,1-2H3,(H,28,30)/t19-/m1/s1. The number of nitrogens with zero attached hydrogens (tertiary/aromatic N) is 2. The molecule has 3 nitrogen and oxygen atoms in total. The van der Waals surface area contributed by atoms with Crippen LogP contribution in [0.4, 0.5) is 5.82 Å². The molecule has 1 atom stereocenters. The van der Waals surface area contributed by atoms with E-state index in [1.54, 1.807) is 0 Å². The summed E-state index contributed by atoms with van der Waals surface area (Å²) in [5.41, 5.74) is 4.50. The molecule has 5 aromatic rings. The Hall–Kier alpha value is -3.72. The highest BCUT2D eigenvalue weighted by Gasteiger charge is 2.16. The van der Waals surface area contributed by atoms with Gasteiger partial charge in [-0.1, -0.05) is 91.0 Å². The van der Waals surface area contributed by atoms with E-state index in [1.807, 2.05) is 6.07 Å². The third kappa shape index (κ3) is 3.18. The summed E-state index contributed by atoms with van der Waals surface area (Å²) >= 11 is 0. The lowest BCUT2D eigenvalue weighted by molar-refractivity contribution is 0.866. The Morgan fingerprint density at radius 3 is 2.13 bits per heavy atom. The van der Waals surface area contributed by atoms with Gasteiger partial charge in [0.15, 0.2) is 5.82 Å². The maximum absolute atomic E-state index is 4.72. The first-order chi connectivity index (χ1) is 14.7. The first-order valence-electron chi connectivity index (χ1n) is 10.3. The Labute approximate surface area is 176 Å². The summed E-state index contributed by atoms with van der Waals surface area (Å²) in [7, 11) is 0. The number of aromatic nitrogens is 2. The molecule has 5 rings (SSSR count). The second-order valence-corrected chi connectivity index (χ2v) is 7.70. The highest BCUT2D eigenvalue weighted by molar-refractivity contribution is 6.07. The van der Waals surface area contributed by atoms with Crippen molar-refractivity contribution in [2.75, 3.05) is 5.32 Å². The van der Waals surface area contributed by atoms with E-state index < -0.39 is 0 Å². The fourth-order valence-corrected chi connectivity index (χ4v) is 4.12. The van der Waals surface area contributed by atoms with Crippen LogP contribution in [0.2, 0.25) is 0 Å². The van der Waals surface area contributed by atoms with Crippen LogP contribution in [-0.4, -0.2) is 10.2 Å². The molecule has 1 N–H and O–H groups in total. The van der Waals surface area contributed by atoms with Crippen LogP contribution in [0.1, 0.15) is 24.1 Å². The molecule has 1 aromatic heterocycles. The minimum atomic E-state index is 0.133. The number of rotatable bonds is 4. The predicted molar refractivity (Wildman–Crippen MR) is 126 cm³/mol. The summed E-state index contributed by atoms with van der Waals surface area (Å²) < 4.78 is 0. The lowest BCUT2D eigenvalue weighted by Crippen LogP contribution is -2.09. The van der Waals surface area contributed by atoms with E-state index in [0.29, 0.717) is 0 Å². The van der Waals surface area contributed by atoms with Crippen LogP contribution in [0.3, 0.4) is 0 Å². The Morgan fingerprint density at radius 1 is 0.667 bits per heavy atom. The highest BCUT2D eigenvalue weighted by atomic mass is 15.2. The van der Waals surface area contributed by atoms with E-state index in [1.165, 1.54) is 21.9 Å². The molecular formula is C27H23N3. The molecular weight excluding hydrogens is 366 g/mol. The van der Waals surface area contributed by atoms with E-state index in [2.05, 4.69) is 109 Å². The third-order valence-electron chi connectivity index (χ3n) is 5.71. The quantitative estimate of drug-likeness (QED) is 0.362. The zero-order valence-electron chi connectivity index (χ0n) is 17.1. The Balaban J connectivity index is 1.67. The molecule has 0 radical (unpaired) electrons. The molecule has 0 aliphatic heterocycles. The molecule has 0 amide bonds. The molecule has 4 aromatic carbocycles. The third-order valence-corrected chi connectivity index (χ3v) is 5.71. The number of anilines is 1. The van der Waals surface area contributed by atoms with Crippen LogP contribution in [0.25, 0.3) is 32.8 Å². The lowest BCUT2D eigenvalue weighted by atomic mass is 9.94. The summed E-state index contributed by atoms with van der Waals surface area (Å²) in [6.45, 7) is 4.29. The molecule has 0 aliphatic carbocycles. The number of benzene rings is 4. The molecule has 0 bridgehead atoms. The first kappa shape index (κ1) is 18.3. The SMILES string of the molecule is Cc1ccc2ccccc2c1-c1nnc(N[C@H](C)c2ccccc2)c2ccccc12. The normalized spacial score (nSPS) is 12.2. The van der Waals surface area contributed by atoms with Gasteiger partial charge in [-0.15, -0.1) is 10.2 Å². The molecule has 0 saturated carbocycles. The molecule has 0 aliphatic rings. The predicted octanol–water partition coefficient (Wildman–Crippen LogP) is 6.93. The maximum Gasteiger partial charge on any atom is 0.157 e. The largest absolute Gasteiger partial charge is 0.362 e. The lowest BCUT2D eigenvalue weighted by Gasteiger charge is -2.18. The summed E-state index contributed by atoms with van der Waals surface area (Å²) in [4.78, 5) is 0. The van der Waals surface area contributed by atoms with E-state index >= 15 is 0 Å². The topological polar surface area (TPSA) is 37.8 Å². The smallest absolute Gasteiger partial charge is 0.157 e.